The molecule has 0 radical (unpaired) electrons. The number of hydrogen-bond donors (Lipinski definition) is 1. The molecule has 2 heterocycles. The lowest BCUT2D eigenvalue weighted by Gasteiger charge is -2.12. The number of carbonyl (C=O) groups is 1. The SMILES string of the molecule is Cc1ccccc1NC(=O)CCc1c(C)nn(-c2cc(N(C)C)ncn2)c1C. The molecular formula is C21H26N6O. The number of rotatable bonds is 6. The van der Waals surface area contributed by atoms with Gasteiger partial charge >= 0.3 is 0 Å². The van der Waals surface area contributed by atoms with Crippen LogP contribution in [0.4, 0.5) is 11.5 Å². The second-order valence-corrected chi connectivity index (χ2v) is 7.05. The highest BCUT2D eigenvalue weighted by Crippen LogP contribution is 2.20. The Morgan fingerprint density at radius 3 is 2.61 bits per heavy atom. The Kier molecular flexibility index (Phi) is 5.73. The van der Waals surface area contributed by atoms with Gasteiger partial charge in [-0.2, -0.15) is 5.10 Å². The summed E-state index contributed by atoms with van der Waals surface area (Å²) >= 11 is 0. The van der Waals surface area contributed by atoms with E-state index in [1.54, 1.807) is 0 Å². The lowest BCUT2D eigenvalue weighted by Crippen LogP contribution is -2.13. The molecule has 146 valence electrons. The number of aryl methyl sites for hydroxylation is 2. The van der Waals surface area contributed by atoms with Gasteiger partial charge in [-0.05, 0) is 44.4 Å². The molecule has 0 atom stereocenters. The van der Waals surface area contributed by atoms with Gasteiger partial charge in [0.25, 0.3) is 0 Å². The largest absolute Gasteiger partial charge is 0.363 e. The average Bonchev–Trinajstić information content (AvgIpc) is 2.96. The second-order valence-electron chi connectivity index (χ2n) is 7.05. The average molecular weight is 378 g/mol. The van der Waals surface area contributed by atoms with Crippen molar-refractivity contribution in [3.63, 3.8) is 0 Å². The molecule has 28 heavy (non-hydrogen) atoms. The molecule has 3 aromatic rings. The number of carbonyl (C=O) groups excluding carboxylic acids is 1. The summed E-state index contributed by atoms with van der Waals surface area (Å²) in [6.45, 7) is 5.95. The van der Waals surface area contributed by atoms with Crippen LogP contribution in [0, 0.1) is 20.8 Å². The number of hydrogen-bond acceptors (Lipinski definition) is 5. The fraction of sp³-hybridized carbons (Fsp3) is 0.333. The molecule has 0 spiro atoms. The van der Waals surface area contributed by atoms with Crippen molar-refractivity contribution in [1.82, 2.24) is 19.7 Å². The summed E-state index contributed by atoms with van der Waals surface area (Å²) in [7, 11) is 3.87. The Balaban J connectivity index is 1.74. The van der Waals surface area contributed by atoms with Gasteiger partial charge in [-0.1, -0.05) is 18.2 Å². The minimum Gasteiger partial charge on any atom is -0.363 e. The second kappa shape index (κ2) is 8.21. The van der Waals surface area contributed by atoms with Gasteiger partial charge in [0, 0.05) is 38.0 Å². The van der Waals surface area contributed by atoms with Crippen molar-refractivity contribution < 1.29 is 4.79 Å². The molecule has 0 aliphatic heterocycles. The van der Waals surface area contributed by atoms with Crippen LogP contribution < -0.4 is 10.2 Å². The van der Waals surface area contributed by atoms with Crippen molar-refractivity contribution in [3.8, 4) is 5.82 Å². The molecule has 0 saturated carbocycles. The maximum absolute atomic E-state index is 12.4. The Labute approximate surface area is 165 Å². The minimum atomic E-state index is -0.00206. The van der Waals surface area contributed by atoms with Crippen molar-refractivity contribution in [3.05, 3.63) is 59.2 Å². The fourth-order valence-corrected chi connectivity index (χ4v) is 3.12. The molecule has 0 aliphatic rings. The van der Waals surface area contributed by atoms with E-state index in [2.05, 4.69) is 20.4 Å². The molecule has 2 aromatic heterocycles. The first-order valence-electron chi connectivity index (χ1n) is 9.27. The molecule has 0 fully saturated rings. The lowest BCUT2D eigenvalue weighted by molar-refractivity contribution is -0.116. The normalized spacial score (nSPS) is 10.8. The Morgan fingerprint density at radius 2 is 1.89 bits per heavy atom. The smallest absolute Gasteiger partial charge is 0.224 e. The van der Waals surface area contributed by atoms with Gasteiger partial charge in [0.1, 0.15) is 12.1 Å². The van der Waals surface area contributed by atoms with Crippen molar-refractivity contribution in [2.75, 3.05) is 24.3 Å². The van der Waals surface area contributed by atoms with E-state index in [1.165, 1.54) is 6.33 Å². The minimum absolute atomic E-state index is 0.00206. The van der Waals surface area contributed by atoms with Crippen LogP contribution in [-0.2, 0) is 11.2 Å². The summed E-state index contributed by atoms with van der Waals surface area (Å²) in [6.07, 6.45) is 2.56. The summed E-state index contributed by atoms with van der Waals surface area (Å²) in [4.78, 5) is 22.9. The first kappa shape index (κ1) is 19.5. The van der Waals surface area contributed by atoms with Crippen LogP contribution in [-0.4, -0.2) is 39.8 Å². The third-order valence-electron chi connectivity index (χ3n) is 4.78. The molecule has 1 aromatic carbocycles. The number of amides is 1. The van der Waals surface area contributed by atoms with Gasteiger partial charge in [0.15, 0.2) is 5.82 Å². The van der Waals surface area contributed by atoms with Crippen LogP contribution in [0.3, 0.4) is 0 Å². The van der Waals surface area contributed by atoms with E-state index in [0.29, 0.717) is 12.8 Å². The van der Waals surface area contributed by atoms with Crippen molar-refractivity contribution in [2.45, 2.75) is 33.6 Å². The Morgan fingerprint density at radius 1 is 1.14 bits per heavy atom. The molecule has 0 unspecified atom stereocenters. The number of benzene rings is 1. The quantitative estimate of drug-likeness (QED) is 0.713. The zero-order chi connectivity index (χ0) is 20.3. The highest BCUT2D eigenvalue weighted by Gasteiger charge is 2.16. The van der Waals surface area contributed by atoms with E-state index in [9.17, 15) is 4.79 Å². The number of nitrogens with zero attached hydrogens (tertiary/aromatic N) is 5. The number of para-hydroxylation sites is 1. The van der Waals surface area contributed by atoms with Crippen LogP contribution in [0.25, 0.3) is 5.82 Å². The highest BCUT2D eigenvalue weighted by atomic mass is 16.1. The van der Waals surface area contributed by atoms with E-state index >= 15 is 0 Å². The lowest BCUT2D eigenvalue weighted by atomic mass is 10.1. The number of anilines is 2. The monoisotopic (exact) mass is 378 g/mol. The Bertz CT molecular complexity index is 992. The summed E-state index contributed by atoms with van der Waals surface area (Å²) in [5, 5.41) is 7.62. The Hall–Kier alpha value is -3.22. The van der Waals surface area contributed by atoms with E-state index in [0.717, 1.165) is 39.8 Å². The van der Waals surface area contributed by atoms with Crippen LogP contribution >= 0.6 is 0 Å². The van der Waals surface area contributed by atoms with Crippen molar-refractivity contribution in [2.24, 2.45) is 0 Å². The molecule has 7 heteroatoms. The maximum Gasteiger partial charge on any atom is 0.224 e. The molecule has 0 aliphatic carbocycles. The molecule has 0 bridgehead atoms. The number of aromatic nitrogens is 4. The first-order valence-corrected chi connectivity index (χ1v) is 9.27. The highest BCUT2D eigenvalue weighted by molar-refractivity contribution is 5.91. The zero-order valence-electron chi connectivity index (χ0n) is 17.0. The predicted molar refractivity (Wildman–Crippen MR) is 111 cm³/mol. The van der Waals surface area contributed by atoms with E-state index in [1.807, 2.05) is 74.8 Å². The van der Waals surface area contributed by atoms with Gasteiger partial charge in [0.2, 0.25) is 5.91 Å². The van der Waals surface area contributed by atoms with Gasteiger partial charge in [-0.15, -0.1) is 0 Å². The van der Waals surface area contributed by atoms with Crippen molar-refractivity contribution in [1.29, 1.82) is 0 Å². The van der Waals surface area contributed by atoms with Gasteiger partial charge in [-0.3, -0.25) is 4.79 Å². The third-order valence-corrected chi connectivity index (χ3v) is 4.78. The number of nitrogens with one attached hydrogen (secondary N) is 1. The maximum atomic E-state index is 12.4. The molecule has 1 N–H and O–H groups in total. The summed E-state index contributed by atoms with van der Waals surface area (Å²) < 4.78 is 1.82. The third kappa shape index (κ3) is 4.19. The summed E-state index contributed by atoms with van der Waals surface area (Å²) in [5.74, 6) is 1.53. The topological polar surface area (TPSA) is 75.9 Å². The molecular weight excluding hydrogens is 352 g/mol. The molecule has 0 saturated heterocycles. The van der Waals surface area contributed by atoms with Crippen LogP contribution in [0.15, 0.2) is 36.7 Å². The van der Waals surface area contributed by atoms with Gasteiger partial charge in [0.05, 0.1) is 5.69 Å². The summed E-state index contributed by atoms with van der Waals surface area (Å²) in [6, 6.07) is 9.68. The summed E-state index contributed by atoms with van der Waals surface area (Å²) in [5.41, 5.74) is 4.88. The first-order chi connectivity index (χ1) is 13.4. The predicted octanol–water partition coefficient (Wildman–Crippen LogP) is 3.22. The zero-order valence-corrected chi connectivity index (χ0v) is 17.0. The van der Waals surface area contributed by atoms with Crippen LogP contribution in [0.1, 0.15) is 28.9 Å². The van der Waals surface area contributed by atoms with Crippen LogP contribution in [0.5, 0.6) is 0 Å². The van der Waals surface area contributed by atoms with E-state index in [4.69, 9.17) is 0 Å². The molecule has 7 nitrogen and oxygen atoms in total. The standard InChI is InChI=1S/C21H26N6O/c1-14-8-6-7-9-18(14)24-21(28)11-10-17-15(2)25-27(16(17)3)20-12-19(26(4)5)22-13-23-20/h6-9,12-13H,10-11H2,1-5H3,(H,24,28). The molecule has 3 rings (SSSR count). The van der Waals surface area contributed by atoms with E-state index < -0.39 is 0 Å². The van der Waals surface area contributed by atoms with E-state index in [-0.39, 0.29) is 5.91 Å². The van der Waals surface area contributed by atoms with Crippen molar-refractivity contribution >= 4 is 17.4 Å². The van der Waals surface area contributed by atoms with Gasteiger partial charge < -0.3 is 10.2 Å². The fourth-order valence-electron chi connectivity index (χ4n) is 3.12. The molecule has 1 amide bonds. The van der Waals surface area contributed by atoms with Crippen LogP contribution in [0.2, 0.25) is 0 Å². The van der Waals surface area contributed by atoms with Gasteiger partial charge in [-0.25, -0.2) is 14.6 Å².